The number of aliphatic carboxylic acids is 1. The van der Waals surface area contributed by atoms with Gasteiger partial charge in [0.2, 0.25) is 0 Å². The van der Waals surface area contributed by atoms with Crippen LogP contribution in [0.1, 0.15) is 40.5 Å². The number of halogens is 4. The van der Waals surface area contributed by atoms with Crippen molar-refractivity contribution in [1.82, 2.24) is 4.90 Å². The molecule has 0 spiro atoms. The summed E-state index contributed by atoms with van der Waals surface area (Å²) in [6.45, 7) is 2.86. The zero-order chi connectivity index (χ0) is 19.8. The molecule has 0 saturated carbocycles. The van der Waals surface area contributed by atoms with E-state index in [4.69, 9.17) is 11.6 Å². The fraction of sp³-hybridized carbons (Fsp3) is 0.421. The first-order valence-electron chi connectivity index (χ1n) is 8.56. The van der Waals surface area contributed by atoms with Gasteiger partial charge in [0.1, 0.15) is 0 Å². The van der Waals surface area contributed by atoms with Crippen molar-refractivity contribution in [3.05, 3.63) is 56.2 Å². The van der Waals surface area contributed by atoms with E-state index in [1.165, 1.54) is 17.4 Å². The number of benzene rings is 1. The second-order valence-electron chi connectivity index (χ2n) is 6.78. The van der Waals surface area contributed by atoms with E-state index < -0.39 is 29.7 Å². The molecule has 1 aromatic heterocycles. The van der Waals surface area contributed by atoms with Crippen LogP contribution in [-0.2, 0) is 11.0 Å². The van der Waals surface area contributed by atoms with E-state index in [1.54, 1.807) is 6.07 Å². The van der Waals surface area contributed by atoms with E-state index in [9.17, 15) is 23.1 Å². The predicted octanol–water partition coefficient (Wildman–Crippen LogP) is 5.61. The van der Waals surface area contributed by atoms with E-state index in [0.717, 1.165) is 16.5 Å². The second-order valence-corrected chi connectivity index (χ2v) is 8.13. The largest absolute Gasteiger partial charge is 0.481 e. The minimum Gasteiger partial charge on any atom is -0.481 e. The average molecular weight is 418 g/mol. The smallest absolute Gasteiger partial charge is 0.417 e. The molecule has 2 unspecified atom stereocenters. The maximum atomic E-state index is 13.4. The molecule has 2 heterocycles. The van der Waals surface area contributed by atoms with Crippen LogP contribution in [0.2, 0.25) is 5.02 Å². The van der Waals surface area contributed by atoms with Crippen LogP contribution < -0.4 is 0 Å². The summed E-state index contributed by atoms with van der Waals surface area (Å²) in [5.74, 6) is -1.38. The molecule has 2 atom stereocenters. The second kappa shape index (κ2) is 7.81. The molecule has 3 rings (SSSR count). The third-order valence-electron chi connectivity index (χ3n) is 4.93. The van der Waals surface area contributed by atoms with Gasteiger partial charge in [-0.05, 0) is 61.0 Å². The SMILES string of the molecule is Cc1ccsc1C(c1ccc(Cl)c(C(F)(F)F)c1)N1CCCC(C(=O)O)C1. The summed E-state index contributed by atoms with van der Waals surface area (Å²) < 4.78 is 40.1. The molecule has 1 aliphatic rings. The van der Waals surface area contributed by atoms with Crippen molar-refractivity contribution in [1.29, 1.82) is 0 Å². The number of carbonyl (C=O) groups is 1. The number of carboxylic acids is 1. The molecule has 0 radical (unpaired) electrons. The number of likely N-dealkylation sites (tertiary alicyclic amines) is 1. The lowest BCUT2D eigenvalue weighted by atomic mass is 9.93. The summed E-state index contributed by atoms with van der Waals surface area (Å²) in [4.78, 5) is 14.4. The number of hydrogen-bond donors (Lipinski definition) is 1. The van der Waals surface area contributed by atoms with Gasteiger partial charge in [-0.1, -0.05) is 17.7 Å². The lowest BCUT2D eigenvalue weighted by Gasteiger charge is -2.37. The monoisotopic (exact) mass is 417 g/mol. The normalized spacial score (nSPS) is 19.8. The van der Waals surface area contributed by atoms with Gasteiger partial charge in [0.15, 0.2) is 0 Å². The molecular weight excluding hydrogens is 399 g/mol. The summed E-state index contributed by atoms with van der Waals surface area (Å²) in [6.07, 6.45) is -3.28. The highest BCUT2D eigenvalue weighted by molar-refractivity contribution is 7.10. The van der Waals surface area contributed by atoms with Gasteiger partial charge in [0.25, 0.3) is 0 Å². The molecule has 1 aliphatic heterocycles. The van der Waals surface area contributed by atoms with E-state index >= 15 is 0 Å². The zero-order valence-corrected chi connectivity index (χ0v) is 16.2. The van der Waals surface area contributed by atoms with Gasteiger partial charge < -0.3 is 5.11 Å². The minimum absolute atomic E-state index is 0.307. The Balaban J connectivity index is 2.07. The van der Waals surface area contributed by atoms with E-state index in [0.29, 0.717) is 31.5 Å². The van der Waals surface area contributed by atoms with Crippen molar-refractivity contribution < 1.29 is 23.1 Å². The molecule has 0 bridgehead atoms. The van der Waals surface area contributed by atoms with Gasteiger partial charge in [-0.25, -0.2) is 0 Å². The van der Waals surface area contributed by atoms with Crippen LogP contribution in [0.15, 0.2) is 29.6 Å². The number of alkyl halides is 3. The van der Waals surface area contributed by atoms with Crippen molar-refractivity contribution in [2.24, 2.45) is 5.92 Å². The quantitative estimate of drug-likeness (QED) is 0.702. The molecule has 0 amide bonds. The molecule has 0 aliphatic carbocycles. The lowest BCUT2D eigenvalue weighted by Crippen LogP contribution is -2.41. The Morgan fingerprint density at radius 3 is 2.70 bits per heavy atom. The molecule has 27 heavy (non-hydrogen) atoms. The van der Waals surface area contributed by atoms with Gasteiger partial charge in [-0.3, -0.25) is 9.69 Å². The van der Waals surface area contributed by atoms with Crippen LogP contribution in [0.3, 0.4) is 0 Å². The molecule has 1 fully saturated rings. The topological polar surface area (TPSA) is 40.5 Å². The molecule has 1 N–H and O–H groups in total. The van der Waals surface area contributed by atoms with Gasteiger partial charge in [-0.15, -0.1) is 11.3 Å². The molecule has 1 aromatic carbocycles. The van der Waals surface area contributed by atoms with Crippen molar-refractivity contribution in [3.8, 4) is 0 Å². The highest BCUT2D eigenvalue weighted by Gasteiger charge is 2.36. The standard InChI is InChI=1S/C19H19ClF3NO2S/c1-11-6-8-27-17(11)16(24-7-2-3-13(10-24)18(25)26)12-4-5-15(20)14(9-12)19(21,22)23/h4-6,8-9,13,16H,2-3,7,10H2,1H3,(H,25,26). The third kappa shape index (κ3) is 4.31. The minimum atomic E-state index is -4.55. The Labute approximate surface area is 164 Å². The summed E-state index contributed by atoms with van der Waals surface area (Å²) in [7, 11) is 0. The average Bonchev–Trinajstić information content (AvgIpc) is 3.01. The molecule has 8 heteroatoms. The first-order chi connectivity index (χ1) is 12.7. The van der Waals surface area contributed by atoms with Crippen LogP contribution in [0.4, 0.5) is 13.2 Å². The predicted molar refractivity (Wildman–Crippen MR) is 99.3 cm³/mol. The number of aryl methyl sites for hydroxylation is 1. The Kier molecular flexibility index (Phi) is 5.84. The number of thiophene rings is 1. The Bertz CT molecular complexity index is 837. The number of nitrogens with zero attached hydrogens (tertiary/aromatic N) is 1. The van der Waals surface area contributed by atoms with Crippen LogP contribution in [0.5, 0.6) is 0 Å². The van der Waals surface area contributed by atoms with E-state index in [2.05, 4.69) is 0 Å². The summed E-state index contributed by atoms with van der Waals surface area (Å²) >= 11 is 7.25. The van der Waals surface area contributed by atoms with Gasteiger partial charge in [0, 0.05) is 11.4 Å². The fourth-order valence-electron chi connectivity index (χ4n) is 3.57. The van der Waals surface area contributed by atoms with E-state index in [1.807, 2.05) is 23.3 Å². The molecule has 2 aromatic rings. The number of carboxylic acid groups (broad SMARTS) is 1. The van der Waals surface area contributed by atoms with Crippen molar-refractivity contribution in [2.45, 2.75) is 32.0 Å². The lowest BCUT2D eigenvalue weighted by molar-refractivity contribution is -0.143. The first kappa shape index (κ1) is 20.2. The van der Waals surface area contributed by atoms with Crippen LogP contribution in [-0.4, -0.2) is 29.1 Å². The molecular formula is C19H19ClF3NO2S. The third-order valence-corrected chi connectivity index (χ3v) is 6.33. The maximum absolute atomic E-state index is 13.4. The highest BCUT2D eigenvalue weighted by Crippen LogP contribution is 2.41. The summed E-state index contributed by atoms with van der Waals surface area (Å²) in [5, 5.41) is 11.0. The number of piperidine rings is 1. The van der Waals surface area contributed by atoms with Crippen LogP contribution in [0, 0.1) is 12.8 Å². The molecule has 3 nitrogen and oxygen atoms in total. The molecule has 1 saturated heterocycles. The van der Waals surface area contributed by atoms with E-state index in [-0.39, 0.29) is 5.02 Å². The van der Waals surface area contributed by atoms with Gasteiger partial charge >= 0.3 is 12.1 Å². The van der Waals surface area contributed by atoms with Crippen LogP contribution >= 0.6 is 22.9 Å². The highest BCUT2D eigenvalue weighted by atomic mass is 35.5. The fourth-order valence-corrected chi connectivity index (χ4v) is 4.88. The number of hydrogen-bond acceptors (Lipinski definition) is 3. The van der Waals surface area contributed by atoms with Gasteiger partial charge in [-0.2, -0.15) is 13.2 Å². The molecule has 146 valence electrons. The van der Waals surface area contributed by atoms with Crippen molar-refractivity contribution in [2.75, 3.05) is 13.1 Å². The Morgan fingerprint density at radius 1 is 1.37 bits per heavy atom. The van der Waals surface area contributed by atoms with Crippen LogP contribution in [0.25, 0.3) is 0 Å². The summed E-state index contributed by atoms with van der Waals surface area (Å²) in [5.41, 5.74) is 0.585. The number of rotatable bonds is 4. The van der Waals surface area contributed by atoms with Crippen molar-refractivity contribution in [3.63, 3.8) is 0 Å². The first-order valence-corrected chi connectivity index (χ1v) is 9.81. The van der Waals surface area contributed by atoms with Crippen molar-refractivity contribution >= 4 is 28.9 Å². The Morgan fingerprint density at radius 2 is 2.11 bits per heavy atom. The zero-order valence-electron chi connectivity index (χ0n) is 14.6. The van der Waals surface area contributed by atoms with Gasteiger partial charge in [0.05, 0.1) is 22.5 Å². The Hall–Kier alpha value is -1.57. The maximum Gasteiger partial charge on any atom is 0.417 e. The summed E-state index contributed by atoms with van der Waals surface area (Å²) in [6, 6.07) is 5.47.